The van der Waals surface area contributed by atoms with Crippen molar-refractivity contribution in [2.24, 2.45) is 0 Å². The van der Waals surface area contributed by atoms with Crippen molar-refractivity contribution >= 4 is 12.0 Å². The fourth-order valence-corrected chi connectivity index (χ4v) is 3.30. The first-order valence-corrected chi connectivity index (χ1v) is 9.41. The molecule has 3 rings (SSSR count). The summed E-state index contributed by atoms with van der Waals surface area (Å²) in [5.41, 5.74) is 1.97. The lowest BCUT2D eigenvalue weighted by atomic mass is 9.85. The molecule has 1 saturated carbocycles. The number of carbonyl (C=O) groups excluding carboxylic acids is 1. The molecule has 1 aliphatic carbocycles. The van der Waals surface area contributed by atoms with Crippen LogP contribution in [0.4, 0.5) is 4.79 Å². The Balaban J connectivity index is 1.40. The summed E-state index contributed by atoms with van der Waals surface area (Å²) in [7, 11) is 0. The SMILES string of the molecule is CCN(CC(=O)O)C1CC(NC(=O)NCc2ncc(-c3ccccc3)cn2)C1. The van der Waals surface area contributed by atoms with Crippen molar-refractivity contribution in [3.05, 3.63) is 48.5 Å². The summed E-state index contributed by atoms with van der Waals surface area (Å²) in [6.07, 6.45) is 5.01. The van der Waals surface area contributed by atoms with Crippen molar-refractivity contribution in [1.29, 1.82) is 0 Å². The molecule has 0 atom stereocenters. The van der Waals surface area contributed by atoms with Crippen molar-refractivity contribution in [1.82, 2.24) is 25.5 Å². The normalized spacial score (nSPS) is 18.4. The monoisotopic (exact) mass is 383 g/mol. The summed E-state index contributed by atoms with van der Waals surface area (Å²) < 4.78 is 0. The molecule has 0 aliphatic heterocycles. The fraction of sp³-hybridized carbons (Fsp3) is 0.400. The third kappa shape index (κ3) is 5.26. The second kappa shape index (κ2) is 9.27. The molecule has 8 nitrogen and oxygen atoms in total. The predicted molar refractivity (Wildman–Crippen MR) is 105 cm³/mol. The second-order valence-corrected chi connectivity index (χ2v) is 6.86. The number of rotatable bonds is 8. The number of likely N-dealkylation sites (N-methyl/N-ethyl adjacent to an activating group) is 1. The number of amides is 2. The van der Waals surface area contributed by atoms with E-state index in [1.54, 1.807) is 12.4 Å². The number of nitrogens with one attached hydrogen (secondary N) is 2. The topological polar surface area (TPSA) is 107 Å². The van der Waals surface area contributed by atoms with Crippen LogP contribution in [-0.2, 0) is 11.3 Å². The molecule has 2 amide bonds. The molecular formula is C20H25N5O3. The van der Waals surface area contributed by atoms with Gasteiger partial charge in [0.25, 0.3) is 0 Å². The van der Waals surface area contributed by atoms with E-state index < -0.39 is 5.97 Å². The van der Waals surface area contributed by atoms with E-state index in [1.807, 2.05) is 42.2 Å². The molecule has 0 saturated heterocycles. The Hall–Kier alpha value is -3.00. The largest absolute Gasteiger partial charge is 0.480 e. The Morgan fingerprint density at radius 3 is 2.43 bits per heavy atom. The maximum atomic E-state index is 12.0. The van der Waals surface area contributed by atoms with E-state index in [0.29, 0.717) is 12.4 Å². The molecule has 1 aromatic carbocycles. The minimum absolute atomic E-state index is 0.0381. The van der Waals surface area contributed by atoms with Crippen LogP contribution in [0.25, 0.3) is 11.1 Å². The van der Waals surface area contributed by atoms with Crippen LogP contribution < -0.4 is 10.6 Å². The molecule has 8 heteroatoms. The number of hydrogen-bond donors (Lipinski definition) is 3. The summed E-state index contributed by atoms with van der Waals surface area (Å²) >= 11 is 0. The molecule has 1 heterocycles. The lowest BCUT2D eigenvalue weighted by Gasteiger charge is -2.42. The van der Waals surface area contributed by atoms with Crippen molar-refractivity contribution in [3.8, 4) is 11.1 Å². The van der Waals surface area contributed by atoms with Crippen molar-refractivity contribution in [2.45, 2.75) is 38.4 Å². The van der Waals surface area contributed by atoms with Gasteiger partial charge in [-0.3, -0.25) is 9.69 Å². The quantitative estimate of drug-likeness (QED) is 0.642. The smallest absolute Gasteiger partial charge is 0.317 e. The van der Waals surface area contributed by atoms with Gasteiger partial charge in [0.2, 0.25) is 0 Å². The standard InChI is InChI=1S/C20H25N5O3/c1-2-25(13-19(26)27)17-8-16(9-17)24-20(28)23-12-18-21-10-15(11-22-18)14-6-4-3-5-7-14/h3-7,10-11,16-17H,2,8-9,12-13H2,1H3,(H,26,27)(H2,23,24,28). The third-order valence-electron chi connectivity index (χ3n) is 4.93. The average molecular weight is 383 g/mol. The molecule has 1 aromatic heterocycles. The zero-order chi connectivity index (χ0) is 19.9. The van der Waals surface area contributed by atoms with E-state index in [9.17, 15) is 9.59 Å². The van der Waals surface area contributed by atoms with Crippen LogP contribution in [0.2, 0.25) is 0 Å². The number of carboxylic acids is 1. The maximum absolute atomic E-state index is 12.0. The molecule has 148 valence electrons. The molecular weight excluding hydrogens is 358 g/mol. The van der Waals surface area contributed by atoms with Gasteiger partial charge in [-0.2, -0.15) is 0 Å². The van der Waals surface area contributed by atoms with Crippen molar-refractivity contribution in [3.63, 3.8) is 0 Å². The first kappa shape index (κ1) is 19.8. The first-order chi connectivity index (χ1) is 13.5. The number of benzene rings is 1. The van der Waals surface area contributed by atoms with Crippen LogP contribution in [0.3, 0.4) is 0 Å². The maximum Gasteiger partial charge on any atom is 0.317 e. The molecule has 3 N–H and O–H groups in total. The fourth-order valence-electron chi connectivity index (χ4n) is 3.30. The van der Waals surface area contributed by atoms with E-state index in [4.69, 9.17) is 5.11 Å². The summed E-state index contributed by atoms with van der Waals surface area (Å²) in [4.78, 5) is 33.4. The minimum Gasteiger partial charge on any atom is -0.480 e. The number of aromatic nitrogens is 2. The second-order valence-electron chi connectivity index (χ2n) is 6.86. The molecule has 28 heavy (non-hydrogen) atoms. The molecule has 2 aromatic rings. The van der Waals surface area contributed by atoms with Gasteiger partial charge in [0.05, 0.1) is 13.1 Å². The lowest BCUT2D eigenvalue weighted by Crippen LogP contribution is -2.56. The highest BCUT2D eigenvalue weighted by atomic mass is 16.4. The number of aliphatic carboxylic acids is 1. The van der Waals surface area contributed by atoms with Gasteiger partial charge in [-0.25, -0.2) is 14.8 Å². The number of carbonyl (C=O) groups is 2. The van der Waals surface area contributed by atoms with Gasteiger partial charge in [-0.1, -0.05) is 37.3 Å². The van der Waals surface area contributed by atoms with Crippen LogP contribution in [-0.4, -0.2) is 57.1 Å². The Morgan fingerprint density at radius 1 is 1.14 bits per heavy atom. The van der Waals surface area contributed by atoms with Gasteiger partial charge < -0.3 is 15.7 Å². The van der Waals surface area contributed by atoms with Gasteiger partial charge in [-0.15, -0.1) is 0 Å². The van der Waals surface area contributed by atoms with E-state index in [2.05, 4.69) is 20.6 Å². The highest BCUT2D eigenvalue weighted by Crippen LogP contribution is 2.25. The predicted octanol–water partition coefficient (Wildman–Crippen LogP) is 1.88. The van der Waals surface area contributed by atoms with Crippen LogP contribution in [0.15, 0.2) is 42.7 Å². The molecule has 0 spiro atoms. The van der Waals surface area contributed by atoms with Crippen LogP contribution in [0.5, 0.6) is 0 Å². The average Bonchev–Trinajstić information content (AvgIpc) is 2.68. The number of hydrogen-bond acceptors (Lipinski definition) is 5. The van der Waals surface area contributed by atoms with E-state index >= 15 is 0 Å². The van der Waals surface area contributed by atoms with Gasteiger partial charge >= 0.3 is 12.0 Å². The Labute approximate surface area is 164 Å². The third-order valence-corrected chi connectivity index (χ3v) is 4.93. The van der Waals surface area contributed by atoms with E-state index in [-0.39, 0.29) is 31.2 Å². The Morgan fingerprint density at radius 2 is 1.82 bits per heavy atom. The summed E-state index contributed by atoms with van der Waals surface area (Å²) in [6, 6.07) is 9.87. The van der Waals surface area contributed by atoms with E-state index in [0.717, 1.165) is 24.0 Å². The highest BCUT2D eigenvalue weighted by Gasteiger charge is 2.34. The van der Waals surface area contributed by atoms with Gasteiger partial charge in [0, 0.05) is 30.0 Å². The van der Waals surface area contributed by atoms with Gasteiger partial charge in [-0.05, 0) is 24.9 Å². The number of carboxylic acid groups (broad SMARTS) is 1. The zero-order valence-corrected chi connectivity index (χ0v) is 15.8. The number of urea groups is 1. The van der Waals surface area contributed by atoms with Crippen LogP contribution in [0.1, 0.15) is 25.6 Å². The lowest BCUT2D eigenvalue weighted by molar-refractivity contribution is -0.139. The minimum atomic E-state index is -0.825. The Bertz CT molecular complexity index is 791. The molecule has 0 bridgehead atoms. The zero-order valence-electron chi connectivity index (χ0n) is 15.8. The van der Waals surface area contributed by atoms with Crippen molar-refractivity contribution < 1.29 is 14.7 Å². The molecule has 0 unspecified atom stereocenters. The summed E-state index contributed by atoms with van der Waals surface area (Å²) in [5, 5.41) is 14.6. The van der Waals surface area contributed by atoms with Gasteiger partial charge in [0.15, 0.2) is 0 Å². The van der Waals surface area contributed by atoms with Crippen LogP contribution in [0, 0.1) is 0 Å². The molecule has 1 fully saturated rings. The molecule has 0 radical (unpaired) electrons. The number of nitrogens with zero attached hydrogens (tertiary/aromatic N) is 3. The van der Waals surface area contributed by atoms with E-state index in [1.165, 1.54) is 0 Å². The first-order valence-electron chi connectivity index (χ1n) is 9.41. The van der Waals surface area contributed by atoms with Gasteiger partial charge in [0.1, 0.15) is 5.82 Å². The van der Waals surface area contributed by atoms with Crippen LogP contribution >= 0.6 is 0 Å². The molecule has 1 aliphatic rings. The summed E-state index contributed by atoms with van der Waals surface area (Å²) in [6.45, 7) is 2.92. The highest BCUT2D eigenvalue weighted by molar-refractivity contribution is 5.74. The Kier molecular flexibility index (Phi) is 6.54. The summed E-state index contributed by atoms with van der Waals surface area (Å²) in [5.74, 6) is -0.283. The van der Waals surface area contributed by atoms with Crippen molar-refractivity contribution in [2.75, 3.05) is 13.1 Å².